The Morgan fingerprint density at radius 2 is 1.73 bits per heavy atom. The fourth-order valence-electron chi connectivity index (χ4n) is 3.20. The second-order valence-corrected chi connectivity index (χ2v) is 8.89. The summed E-state index contributed by atoms with van der Waals surface area (Å²) in [7, 11) is 0. The van der Waals surface area contributed by atoms with Crippen LogP contribution in [-0.4, -0.2) is 41.4 Å². The van der Waals surface area contributed by atoms with Crippen molar-refractivity contribution in [3.63, 3.8) is 0 Å². The maximum atomic E-state index is 12.2. The van der Waals surface area contributed by atoms with Crippen LogP contribution in [0.3, 0.4) is 0 Å². The van der Waals surface area contributed by atoms with E-state index in [4.69, 9.17) is 9.47 Å². The summed E-state index contributed by atoms with van der Waals surface area (Å²) in [5.41, 5.74) is 4.82. The van der Waals surface area contributed by atoms with Crippen LogP contribution in [0.25, 0.3) is 0 Å². The lowest BCUT2D eigenvalue weighted by Gasteiger charge is -2.10. The van der Waals surface area contributed by atoms with Gasteiger partial charge in [-0.05, 0) is 48.4 Å². The summed E-state index contributed by atoms with van der Waals surface area (Å²) in [5, 5.41) is 15.3. The number of hydrazone groups is 1. The minimum atomic E-state index is -0.353. The largest absolute Gasteiger partial charge is 0.490 e. The SMILES string of the molecule is Cc1ccccc1OCCOc1cccc(C=NNC(=O)Cc2nnc(NC(=O)c3ccccc3)s2)c1. The lowest BCUT2D eigenvalue weighted by Crippen LogP contribution is -2.19. The molecule has 0 bridgehead atoms. The van der Waals surface area contributed by atoms with Crippen molar-refractivity contribution in [1.82, 2.24) is 15.6 Å². The Bertz CT molecular complexity index is 1370. The second kappa shape index (κ2) is 12.9. The van der Waals surface area contributed by atoms with E-state index in [9.17, 15) is 9.59 Å². The number of rotatable bonds is 11. The number of anilines is 1. The zero-order chi connectivity index (χ0) is 25.9. The molecule has 4 aromatic rings. The number of ether oxygens (including phenoxy) is 2. The van der Waals surface area contributed by atoms with E-state index in [1.165, 1.54) is 6.21 Å². The van der Waals surface area contributed by atoms with E-state index in [0.29, 0.717) is 34.7 Å². The van der Waals surface area contributed by atoms with Gasteiger partial charge in [0.2, 0.25) is 11.0 Å². The highest BCUT2D eigenvalue weighted by Crippen LogP contribution is 2.18. The smallest absolute Gasteiger partial charge is 0.257 e. The van der Waals surface area contributed by atoms with Crippen LogP contribution in [-0.2, 0) is 11.2 Å². The highest BCUT2D eigenvalue weighted by molar-refractivity contribution is 7.15. The average molecular weight is 516 g/mol. The molecule has 188 valence electrons. The number of carbonyl (C=O) groups is 2. The monoisotopic (exact) mass is 515 g/mol. The lowest BCUT2D eigenvalue weighted by atomic mass is 10.2. The van der Waals surface area contributed by atoms with Crippen LogP contribution in [0.5, 0.6) is 11.5 Å². The van der Waals surface area contributed by atoms with Gasteiger partial charge in [-0.2, -0.15) is 5.10 Å². The topological polar surface area (TPSA) is 115 Å². The molecule has 0 fully saturated rings. The number of nitrogens with one attached hydrogen (secondary N) is 2. The summed E-state index contributed by atoms with van der Waals surface area (Å²) < 4.78 is 11.5. The van der Waals surface area contributed by atoms with Crippen LogP contribution >= 0.6 is 11.3 Å². The van der Waals surface area contributed by atoms with Gasteiger partial charge in [-0.1, -0.05) is 59.9 Å². The van der Waals surface area contributed by atoms with Gasteiger partial charge in [-0.15, -0.1) is 10.2 Å². The van der Waals surface area contributed by atoms with E-state index in [1.54, 1.807) is 24.3 Å². The number of hydrogen-bond donors (Lipinski definition) is 2. The van der Waals surface area contributed by atoms with Gasteiger partial charge in [0.15, 0.2) is 0 Å². The molecule has 2 N–H and O–H groups in total. The maximum Gasteiger partial charge on any atom is 0.257 e. The molecule has 0 saturated carbocycles. The molecule has 9 nitrogen and oxygen atoms in total. The molecule has 1 heterocycles. The Hall–Kier alpha value is -4.57. The second-order valence-electron chi connectivity index (χ2n) is 7.83. The first-order valence-electron chi connectivity index (χ1n) is 11.5. The first kappa shape index (κ1) is 25.5. The minimum absolute atomic E-state index is 0.0136. The van der Waals surface area contributed by atoms with Gasteiger partial charge >= 0.3 is 0 Å². The number of carbonyl (C=O) groups excluding carboxylic acids is 2. The van der Waals surface area contributed by atoms with E-state index in [2.05, 4.69) is 26.0 Å². The van der Waals surface area contributed by atoms with Crippen LogP contribution < -0.4 is 20.2 Å². The van der Waals surface area contributed by atoms with Crippen LogP contribution in [0.4, 0.5) is 5.13 Å². The molecule has 0 radical (unpaired) electrons. The van der Waals surface area contributed by atoms with Crippen molar-refractivity contribution in [3.8, 4) is 11.5 Å². The summed E-state index contributed by atoms with van der Waals surface area (Å²) in [4.78, 5) is 24.4. The zero-order valence-electron chi connectivity index (χ0n) is 20.1. The van der Waals surface area contributed by atoms with Gasteiger partial charge in [0.05, 0.1) is 12.6 Å². The molecular weight excluding hydrogens is 490 g/mol. The normalized spacial score (nSPS) is 10.7. The Morgan fingerprint density at radius 1 is 0.946 bits per heavy atom. The van der Waals surface area contributed by atoms with E-state index in [-0.39, 0.29) is 18.2 Å². The van der Waals surface area contributed by atoms with Crippen molar-refractivity contribution >= 4 is 34.5 Å². The third kappa shape index (κ3) is 7.97. The van der Waals surface area contributed by atoms with Crippen molar-refractivity contribution in [2.24, 2.45) is 5.10 Å². The number of amides is 2. The summed E-state index contributed by atoms with van der Waals surface area (Å²) in [6.07, 6.45) is 1.51. The fraction of sp³-hybridized carbons (Fsp3) is 0.148. The van der Waals surface area contributed by atoms with Gasteiger partial charge in [-0.25, -0.2) is 5.43 Å². The van der Waals surface area contributed by atoms with Gasteiger partial charge in [0.25, 0.3) is 5.91 Å². The summed E-state index contributed by atoms with van der Waals surface area (Å²) in [6, 6.07) is 23.9. The highest BCUT2D eigenvalue weighted by Gasteiger charge is 2.12. The van der Waals surface area contributed by atoms with Crippen LogP contribution in [0.1, 0.15) is 26.5 Å². The van der Waals surface area contributed by atoms with E-state index in [1.807, 2.05) is 61.5 Å². The molecule has 1 aromatic heterocycles. The van der Waals surface area contributed by atoms with E-state index < -0.39 is 0 Å². The molecule has 2 amide bonds. The summed E-state index contributed by atoms with van der Waals surface area (Å²) in [6.45, 7) is 2.80. The molecule has 0 spiro atoms. The number of benzene rings is 3. The number of aryl methyl sites for hydroxylation is 1. The molecule has 0 saturated heterocycles. The lowest BCUT2D eigenvalue weighted by molar-refractivity contribution is -0.120. The predicted octanol–water partition coefficient (Wildman–Crippen LogP) is 4.25. The maximum absolute atomic E-state index is 12.2. The highest BCUT2D eigenvalue weighted by atomic mass is 32.1. The van der Waals surface area contributed by atoms with Crippen molar-refractivity contribution in [3.05, 3.63) is 101 Å². The zero-order valence-corrected chi connectivity index (χ0v) is 20.9. The van der Waals surface area contributed by atoms with Crippen molar-refractivity contribution in [1.29, 1.82) is 0 Å². The molecule has 0 aliphatic heterocycles. The quantitative estimate of drug-likeness (QED) is 0.175. The Kier molecular flexibility index (Phi) is 8.92. The molecule has 37 heavy (non-hydrogen) atoms. The Balaban J connectivity index is 1.20. The van der Waals surface area contributed by atoms with Gasteiger partial charge in [-0.3, -0.25) is 14.9 Å². The van der Waals surface area contributed by atoms with E-state index in [0.717, 1.165) is 28.2 Å². The molecule has 4 rings (SSSR count). The molecule has 10 heteroatoms. The number of hydrogen-bond acceptors (Lipinski definition) is 8. The minimum Gasteiger partial charge on any atom is -0.490 e. The Morgan fingerprint density at radius 3 is 2.57 bits per heavy atom. The standard InChI is InChI=1S/C27H25N5O4S/c1-19-8-5-6-13-23(19)36-15-14-35-22-12-7-9-20(16-22)18-28-30-24(33)17-25-31-32-27(37-25)29-26(34)21-10-3-2-4-11-21/h2-13,16,18H,14-15,17H2,1H3,(H,30,33)(H,29,32,34). The van der Waals surface area contributed by atoms with E-state index >= 15 is 0 Å². The van der Waals surface area contributed by atoms with Gasteiger partial charge in [0.1, 0.15) is 29.7 Å². The Labute approximate surface area is 218 Å². The first-order chi connectivity index (χ1) is 18.1. The fourth-order valence-corrected chi connectivity index (χ4v) is 3.94. The molecule has 3 aromatic carbocycles. The van der Waals surface area contributed by atoms with Gasteiger partial charge < -0.3 is 9.47 Å². The van der Waals surface area contributed by atoms with Gasteiger partial charge in [0, 0.05) is 5.56 Å². The number of nitrogens with zero attached hydrogens (tertiary/aromatic N) is 3. The van der Waals surface area contributed by atoms with Crippen LogP contribution in [0, 0.1) is 6.92 Å². The third-order valence-corrected chi connectivity index (χ3v) is 5.84. The molecular formula is C27H25N5O4S. The average Bonchev–Trinajstić information content (AvgIpc) is 3.34. The van der Waals surface area contributed by atoms with Crippen molar-refractivity contribution in [2.45, 2.75) is 13.3 Å². The summed E-state index contributed by atoms with van der Waals surface area (Å²) in [5.74, 6) is 0.864. The number of aromatic nitrogens is 2. The van der Waals surface area contributed by atoms with Crippen LogP contribution in [0.2, 0.25) is 0 Å². The third-order valence-electron chi connectivity index (χ3n) is 5.00. The number of para-hydroxylation sites is 1. The molecule has 0 unspecified atom stereocenters. The first-order valence-corrected chi connectivity index (χ1v) is 12.3. The van der Waals surface area contributed by atoms with Crippen molar-refractivity contribution < 1.29 is 19.1 Å². The van der Waals surface area contributed by atoms with Crippen LogP contribution in [0.15, 0.2) is 84.0 Å². The predicted molar refractivity (Wildman–Crippen MR) is 142 cm³/mol. The molecule has 0 aliphatic carbocycles. The summed E-state index contributed by atoms with van der Waals surface area (Å²) >= 11 is 1.13. The van der Waals surface area contributed by atoms with Crippen molar-refractivity contribution in [2.75, 3.05) is 18.5 Å². The molecule has 0 aliphatic rings. The molecule has 0 atom stereocenters.